The summed E-state index contributed by atoms with van der Waals surface area (Å²) in [7, 11) is 0. The highest BCUT2D eigenvalue weighted by Crippen LogP contribution is 2.20. The molecule has 0 aliphatic rings. The molecule has 18 heavy (non-hydrogen) atoms. The summed E-state index contributed by atoms with van der Waals surface area (Å²) in [5.41, 5.74) is 0. The third kappa shape index (κ3) is 3.23. The van der Waals surface area contributed by atoms with Gasteiger partial charge >= 0.3 is 5.97 Å². The van der Waals surface area contributed by atoms with Crippen molar-refractivity contribution < 1.29 is 19.7 Å². The van der Waals surface area contributed by atoms with Gasteiger partial charge in [-0.1, -0.05) is 36.4 Å². The van der Waals surface area contributed by atoms with Crippen LogP contribution >= 0.6 is 0 Å². The van der Waals surface area contributed by atoms with Gasteiger partial charge in [-0.2, -0.15) is 0 Å². The number of benzene rings is 2. The summed E-state index contributed by atoms with van der Waals surface area (Å²) in [5.74, 6) is -1.28. The summed E-state index contributed by atoms with van der Waals surface area (Å²) in [6.07, 6.45) is 0. The van der Waals surface area contributed by atoms with E-state index in [0.717, 1.165) is 0 Å². The van der Waals surface area contributed by atoms with Crippen LogP contribution < -0.4 is 9.47 Å². The third-order valence-electron chi connectivity index (χ3n) is 2.24. The minimum atomic E-state index is -2.09. The molecule has 2 aromatic rings. The van der Waals surface area contributed by atoms with E-state index in [-0.39, 0.29) is 0 Å². The second-order valence-corrected chi connectivity index (χ2v) is 3.70. The van der Waals surface area contributed by atoms with Crippen molar-refractivity contribution >= 4 is 0 Å². The Kier molecular flexibility index (Phi) is 3.82. The molecule has 0 spiro atoms. The molecular formula is C14H14O4. The molecule has 0 atom stereocenters. The maximum Gasteiger partial charge on any atom is 0.393 e. The molecule has 0 unspecified atom stereocenters. The quantitative estimate of drug-likeness (QED) is 0.789. The summed E-state index contributed by atoms with van der Waals surface area (Å²) in [6.45, 7) is -0.684. The van der Waals surface area contributed by atoms with Gasteiger partial charge in [0, 0.05) is 0 Å². The zero-order valence-electron chi connectivity index (χ0n) is 9.69. The Bertz CT molecular complexity index is 428. The molecule has 0 amide bonds. The van der Waals surface area contributed by atoms with E-state index in [1.165, 1.54) is 0 Å². The summed E-state index contributed by atoms with van der Waals surface area (Å²) in [6, 6.07) is 17.3. The Balaban J connectivity index is 2.11. The predicted molar refractivity (Wildman–Crippen MR) is 66.2 cm³/mol. The smallest absolute Gasteiger partial charge is 0.393 e. The molecule has 0 aliphatic carbocycles. The average Bonchev–Trinajstić information content (AvgIpc) is 2.41. The Morgan fingerprint density at radius 1 is 0.778 bits per heavy atom. The Hall–Kier alpha value is -2.04. The van der Waals surface area contributed by atoms with E-state index in [0.29, 0.717) is 11.5 Å². The second-order valence-electron chi connectivity index (χ2n) is 3.70. The minimum absolute atomic E-state index is 0.407. The van der Waals surface area contributed by atoms with Crippen LogP contribution in [0.25, 0.3) is 0 Å². The van der Waals surface area contributed by atoms with Gasteiger partial charge in [0.2, 0.25) is 0 Å². The summed E-state index contributed by atoms with van der Waals surface area (Å²) in [5, 5.41) is 19.2. The van der Waals surface area contributed by atoms with Crippen LogP contribution in [0.5, 0.6) is 11.5 Å². The van der Waals surface area contributed by atoms with Crippen LogP contribution in [0.15, 0.2) is 60.7 Å². The van der Waals surface area contributed by atoms with Crippen molar-refractivity contribution in [2.24, 2.45) is 0 Å². The molecule has 2 N–H and O–H groups in total. The lowest BCUT2D eigenvalue weighted by Gasteiger charge is -2.27. The number of para-hydroxylation sites is 2. The predicted octanol–water partition coefficient (Wildman–Crippen LogP) is 1.78. The first-order valence-electron chi connectivity index (χ1n) is 5.53. The average molecular weight is 246 g/mol. The fourth-order valence-electron chi connectivity index (χ4n) is 1.43. The highest BCUT2D eigenvalue weighted by Gasteiger charge is 2.31. The molecule has 94 valence electrons. The number of hydrogen-bond acceptors (Lipinski definition) is 4. The van der Waals surface area contributed by atoms with Crippen molar-refractivity contribution in [3.05, 3.63) is 60.7 Å². The maximum atomic E-state index is 10.0. The van der Waals surface area contributed by atoms with Gasteiger partial charge in [-0.05, 0) is 24.3 Å². The van der Waals surface area contributed by atoms with Crippen molar-refractivity contribution in [3.8, 4) is 11.5 Å². The summed E-state index contributed by atoms with van der Waals surface area (Å²) < 4.78 is 10.5. The molecule has 4 nitrogen and oxygen atoms in total. The van der Waals surface area contributed by atoms with Crippen LogP contribution in [0.2, 0.25) is 0 Å². The van der Waals surface area contributed by atoms with Crippen LogP contribution in [0.3, 0.4) is 0 Å². The molecule has 0 heterocycles. The molecule has 2 rings (SSSR count). The normalized spacial score (nSPS) is 11.0. The van der Waals surface area contributed by atoms with Gasteiger partial charge < -0.3 is 19.7 Å². The first-order chi connectivity index (χ1) is 8.72. The van der Waals surface area contributed by atoms with E-state index in [1.807, 2.05) is 12.1 Å². The molecule has 0 bridgehead atoms. The molecule has 0 saturated carbocycles. The van der Waals surface area contributed by atoms with Gasteiger partial charge in [-0.15, -0.1) is 0 Å². The van der Waals surface area contributed by atoms with Crippen molar-refractivity contribution in [1.29, 1.82) is 0 Å². The highest BCUT2D eigenvalue weighted by atomic mass is 16.8. The van der Waals surface area contributed by atoms with E-state index in [4.69, 9.17) is 9.47 Å². The van der Waals surface area contributed by atoms with Crippen molar-refractivity contribution in [3.63, 3.8) is 0 Å². The lowest BCUT2D eigenvalue weighted by Crippen LogP contribution is -2.45. The van der Waals surface area contributed by atoms with Gasteiger partial charge in [0.15, 0.2) is 0 Å². The molecule has 0 radical (unpaired) electrons. The fraction of sp³-hybridized carbons (Fsp3) is 0.143. The molecule has 0 saturated heterocycles. The number of rotatable bonds is 5. The van der Waals surface area contributed by atoms with Gasteiger partial charge in [-0.3, -0.25) is 0 Å². The lowest BCUT2D eigenvalue weighted by atomic mass is 10.3. The van der Waals surface area contributed by atoms with E-state index in [1.54, 1.807) is 48.5 Å². The van der Waals surface area contributed by atoms with E-state index in [2.05, 4.69) is 0 Å². The molecule has 4 heteroatoms. The number of aliphatic hydroxyl groups is 2. The van der Waals surface area contributed by atoms with Crippen LogP contribution in [0.4, 0.5) is 0 Å². The van der Waals surface area contributed by atoms with E-state index in [9.17, 15) is 10.2 Å². The zero-order valence-corrected chi connectivity index (χ0v) is 9.69. The summed E-state index contributed by atoms with van der Waals surface area (Å²) >= 11 is 0. The standard InChI is InChI=1S/C14H14O4/c15-11-14(16,17-12-7-3-1-4-8-12)18-13-9-5-2-6-10-13/h1-10,15-16H,11H2. The Morgan fingerprint density at radius 3 is 1.50 bits per heavy atom. The largest absolute Gasteiger partial charge is 0.428 e. The van der Waals surface area contributed by atoms with Gasteiger partial charge in [0.1, 0.15) is 18.1 Å². The molecule has 0 fully saturated rings. The van der Waals surface area contributed by atoms with Crippen molar-refractivity contribution in [2.75, 3.05) is 6.61 Å². The van der Waals surface area contributed by atoms with Crippen molar-refractivity contribution in [1.82, 2.24) is 0 Å². The number of aliphatic hydroxyl groups excluding tert-OH is 1. The van der Waals surface area contributed by atoms with Gasteiger partial charge in [-0.25, -0.2) is 0 Å². The van der Waals surface area contributed by atoms with Crippen LogP contribution in [0, 0.1) is 0 Å². The van der Waals surface area contributed by atoms with E-state index >= 15 is 0 Å². The lowest BCUT2D eigenvalue weighted by molar-refractivity contribution is -0.289. The highest BCUT2D eigenvalue weighted by molar-refractivity contribution is 5.23. The number of hydrogen-bond donors (Lipinski definition) is 2. The third-order valence-corrected chi connectivity index (χ3v) is 2.24. The molecule has 2 aromatic carbocycles. The second kappa shape index (κ2) is 5.53. The van der Waals surface area contributed by atoms with Gasteiger partial charge in [0.25, 0.3) is 0 Å². The van der Waals surface area contributed by atoms with Crippen LogP contribution in [0.1, 0.15) is 0 Å². The first kappa shape index (κ1) is 12.4. The van der Waals surface area contributed by atoms with Gasteiger partial charge in [0.05, 0.1) is 0 Å². The van der Waals surface area contributed by atoms with E-state index < -0.39 is 12.6 Å². The molecular weight excluding hydrogens is 232 g/mol. The van der Waals surface area contributed by atoms with Crippen LogP contribution in [-0.4, -0.2) is 22.8 Å². The first-order valence-corrected chi connectivity index (χ1v) is 5.53. The molecule has 0 aliphatic heterocycles. The zero-order chi connectivity index (χ0) is 12.8. The maximum absolute atomic E-state index is 10.0. The SMILES string of the molecule is OCC(O)(Oc1ccccc1)Oc1ccccc1. The van der Waals surface area contributed by atoms with Crippen molar-refractivity contribution in [2.45, 2.75) is 5.97 Å². The summed E-state index contributed by atoms with van der Waals surface area (Å²) in [4.78, 5) is 0. The monoisotopic (exact) mass is 246 g/mol. The fourth-order valence-corrected chi connectivity index (χ4v) is 1.43. The molecule has 0 aromatic heterocycles. The van der Waals surface area contributed by atoms with Crippen LogP contribution in [-0.2, 0) is 0 Å². The topological polar surface area (TPSA) is 58.9 Å². The number of ether oxygens (including phenoxy) is 2. The Labute approximate surface area is 105 Å². The Morgan fingerprint density at radius 2 is 1.17 bits per heavy atom. The minimum Gasteiger partial charge on any atom is -0.428 e.